The lowest BCUT2D eigenvalue weighted by Crippen LogP contribution is -2.45. The van der Waals surface area contributed by atoms with Crippen LogP contribution in [-0.4, -0.2) is 26.6 Å². The van der Waals surface area contributed by atoms with E-state index in [1.165, 1.54) is 25.1 Å². The number of hydrogen-bond donors (Lipinski definition) is 1. The minimum atomic E-state index is -3.81. The zero-order chi connectivity index (χ0) is 18.8. The predicted molar refractivity (Wildman–Crippen MR) is 98.0 cm³/mol. The number of hydrogen-bond acceptors (Lipinski definition) is 3. The minimum absolute atomic E-state index is 0.0768. The molecule has 0 aliphatic rings. The molecule has 2 aromatic rings. The van der Waals surface area contributed by atoms with Gasteiger partial charge in [0.1, 0.15) is 11.9 Å². The summed E-state index contributed by atoms with van der Waals surface area (Å²) >= 11 is 6.03. The largest absolute Gasteiger partial charge is 0.324 e. The molecule has 25 heavy (non-hydrogen) atoms. The van der Waals surface area contributed by atoms with Crippen molar-refractivity contribution in [3.05, 3.63) is 58.9 Å². The lowest BCUT2D eigenvalue weighted by atomic mass is 10.2. The topological polar surface area (TPSA) is 66.5 Å². The smallest absolute Gasteiger partial charge is 0.248 e. The van der Waals surface area contributed by atoms with E-state index in [9.17, 15) is 17.6 Å². The maximum atomic E-state index is 13.5. The van der Waals surface area contributed by atoms with Crippen LogP contribution in [0, 0.1) is 12.7 Å². The van der Waals surface area contributed by atoms with Gasteiger partial charge in [-0.15, -0.1) is 0 Å². The normalized spacial score (nSPS) is 12.5. The highest BCUT2D eigenvalue weighted by Crippen LogP contribution is 2.25. The third-order valence-corrected chi connectivity index (χ3v) is 5.33. The van der Waals surface area contributed by atoms with Crippen molar-refractivity contribution in [1.29, 1.82) is 0 Å². The first-order valence-electron chi connectivity index (χ1n) is 7.42. The Hall–Kier alpha value is -2.12. The third-order valence-electron chi connectivity index (χ3n) is 3.68. The van der Waals surface area contributed by atoms with Gasteiger partial charge in [0.05, 0.1) is 11.9 Å². The van der Waals surface area contributed by atoms with Gasteiger partial charge in [-0.2, -0.15) is 0 Å². The number of nitrogens with zero attached hydrogens (tertiary/aromatic N) is 1. The zero-order valence-corrected chi connectivity index (χ0v) is 15.5. The second-order valence-electron chi connectivity index (χ2n) is 5.62. The van der Waals surface area contributed by atoms with Crippen molar-refractivity contribution in [2.75, 3.05) is 15.9 Å². The second-order valence-corrected chi connectivity index (χ2v) is 7.88. The summed E-state index contributed by atoms with van der Waals surface area (Å²) in [6.07, 6.45) is 0.965. The monoisotopic (exact) mass is 384 g/mol. The number of sulfonamides is 1. The van der Waals surface area contributed by atoms with Crippen molar-refractivity contribution >= 4 is 38.9 Å². The highest BCUT2D eigenvalue weighted by Gasteiger charge is 2.29. The van der Waals surface area contributed by atoms with Crippen LogP contribution in [0.4, 0.5) is 15.8 Å². The molecule has 1 atom stereocenters. The molecule has 0 spiro atoms. The van der Waals surface area contributed by atoms with Gasteiger partial charge in [-0.25, -0.2) is 12.8 Å². The fourth-order valence-electron chi connectivity index (χ4n) is 2.40. The Balaban J connectivity index is 2.35. The van der Waals surface area contributed by atoms with Crippen molar-refractivity contribution in [2.24, 2.45) is 0 Å². The summed E-state index contributed by atoms with van der Waals surface area (Å²) in [6.45, 7) is 3.17. The molecule has 134 valence electrons. The third kappa shape index (κ3) is 4.49. The number of carbonyl (C=O) groups is 1. The molecule has 0 radical (unpaired) electrons. The van der Waals surface area contributed by atoms with Crippen LogP contribution < -0.4 is 9.62 Å². The lowest BCUT2D eigenvalue weighted by molar-refractivity contribution is -0.116. The molecule has 0 saturated carbocycles. The first-order valence-corrected chi connectivity index (χ1v) is 9.65. The van der Waals surface area contributed by atoms with Crippen LogP contribution in [0.2, 0.25) is 5.02 Å². The van der Waals surface area contributed by atoms with E-state index in [4.69, 9.17) is 11.6 Å². The Morgan fingerprint density at radius 2 is 1.88 bits per heavy atom. The Bertz CT molecular complexity index is 903. The summed E-state index contributed by atoms with van der Waals surface area (Å²) in [5, 5.41) is 3.15. The molecule has 0 saturated heterocycles. The molecule has 0 fully saturated rings. The van der Waals surface area contributed by atoms with Gasteiger partial charge in [-0.1, -0.05) is 23.7 Å². The Morgan fingerprint density at radius 3 is 2.48 bits per heavy atom. The van der Waals surface area contributed by atoms with E-state index in [1.54, 1.807) is 25.1 Å². The van der Waals surface area contributed by atoms with Crippen LogP contribution in [0.15, 0.2) is 42.5 Å². The molecule has 5 nitrogen and oxygen atoms in total. The lowest BCUT2D eigenvalue weighted by Gasteiger charge is -2.28. The molecule has 0 bridgehead atoms. The Kier molecular flexibility index (Phi) is 5.69. The Morgan fingerprint density at radius 1 is 1.24 bits per heavy atom. The van der Waals surface area contributed by atoms with E-state index in [2.05, 4.69) is 5.32 Å². The molecule has 2 aromatic carbocycles. The quantitative estimate of drug-likeness (QED) is 0.856. The van der Waals surface area contributed by atoms with E-state index in [0.29, 0.717) is 16.3 Å². The Labute approximate surface area is 151 Å². The first kappa shape index (κ1) is 19.2. The number of carbonyl (C=O) groups excluding carboxylic acids is 1. The maximum absolute atomic E-state index is 13.5. The van der Waals surface area contributed by atoms with E-state index in [0.717, 1.165) is 16.6 Å². The molecule has 0 heterocycles. The molecule has 0 aromatic heterocycles. The second kappa shape index (κ2) is 7.41. The van der Waals surface area contributed by atoms with Crippen molar-refractivity contribution in [2.45, 2.75) is 19.9 Å². The van der Waals surface area contributed by atoms with Gasteiger partial charge in [0.2, 0.25) is 15.9 Å². The summed E-state index contributed by atoms with van der Waals surface area (Å²) in [7, 11) is -3.81. The van der Waals surface area contributed by atoms with E-state index >= 15 is 0 Å². The number of rotatable bonds is 5. The molecule has 0 aliphatic carbocycles. The fourth-order valence-corrected chi connectivity index (χ4v) is 3.74. The highest BCUT2D eigenvalue weighted by atomic mass is 35.5. The van der Waals surface area contributed by atoms with E-state index in [-0.39, 0.29) is 5.69 Å². The zero-order valence-electron chi connectivity index (χ0n) is 14.0. The molecule has 1 N–H and O–H groups in total. The first-order chi connectivity index (χ1) is 11.6. The molecule has 1 amide bonds. The average molecular weight is 385 g/mol. The van der Waals surface area contributed by atoms with Gasteiger partial charge in [0, 0.05) is 10.7 Å². The summed E-state index contributed by atoms with van der Waals surface area (Å²) < 4.78 is 38.7. The predicted octanol–water partition coefficient (Wildman–Crippen LogP) is 3.58. The van der Waals surface area contributed by atoms with Crippen molar-refractivity contribution in [1.82, 2.24) is 0 Å². The van der Waals surface area contributed by atoms with E-state index < -0.39 is 27.8 Å². The fraction of sp³-hybridized carbons (Fsp3) is 0.235. The van der Waals surface area contributed by atoms with Crippen LogP contribution in [0.1, 0.15) is 12.5 Å². The number of benzene rings is 2. The summed E-state index contributed by atoms with van der Waals surface area (Å²) in [5.74, 6) is -1.15. The van der Waals surface area contributed by atoms with Crippen LogP contribution >= 0.6 is 11.6 Å². The van der Waals surface area contributed by atoms with E-state index in [1.807, 2.05) is 0 Å². The molecular weight excluding hydrogens is 367 g/mol. The molecule has 2 rings (SSSR count). The highest BCUT2D eigenvalue weighted by molar-refractivity contribution is 7.92. The number of anilines is 2. The minimum Gasteiger partial charge on any atom is -0.324 e. The van der Waals surface area contributed by atoms with Crippen LogP contribution in [0.5, 0.6) is 0 Å². The maximum Gasteiger partial charge on any atom is 0.248 e. The van der Waals surface area contributed by atoms with Crippen molar-refractivity contribution in [3.8, 4) is 0 Å². The van der Waals surface area contributed by atoms with Crippen LogP contribution in [0.3, 0.4) is 0 Å². The van der Waals surface area contributed by atoms with Gasteiger partial charge in [-0.3, -0.25) is 9.10 Å². The SMILES string of the molecule is Cc1c(Cl)cccc1NC(=O)C(C)N(c1cccc(F)c1)S(C)(=O)=O. The average Bonchev–Trinajstić information content (AvgIpc) is 2.50. The summed E-state index contributed by atoms with van der Waals surface area (Å²) in [6, 6.07) is 9.02. The van der Waals surface area contributed by atoms with Gasteiger partial charge in [-0.05, 0) is 49.7 Å². The number of amides is 1. The molecule has 8 heteroatoms. The van der Waals surface area contributed by atoms with Gasteiger partial charge < -0.3 is 5.32 Å². The van der Waals surface area contributed by atoms with Crippen LogP contribution in [0.25, 0.3) is 0 Å². The standard InChI is InChI=1S/C17H18ClFN2O3S/c1-11-15(18)8-5-9-16(11)20-17(22)12(2)21(25(3,23)24)14-7-4-6-13(19)10-14/h4-10,12H,1-3H3,(H,20,22). The van der Waals surface area contributed by atoms with Crippen molar-refractivity contribution in [3.63, 3.8) is 0 Å². The van der Waals surface area contributed by atoms with Crippen LogP contribution in [-0.2, 0) is 14.8 Å². The number of nitrogens with one attached hydrogen (secondary N) is 1. The molecule has 1 unspecified atom stereocenters. The van der Waals surface area contributed by atoms with Crippen molar-refractivity contribution < 1.29 is 17.6 Å². The molecule has 0 aliphatic heterocycles. The van der Waals surface area contributed by atoms with Gasteiger partial charge in [0.25, 0.3) is 0 Å². The van der Waals surface area contributed by atoms with Gasteiger partial charge >= 0.3 is 0 Å². The summed E-state index contributed by atoms with van der Waals surface area (Å²) in [4.78, 5) is 12.6. The summed E-state index contributed by atoms with van der Waals surface area (Å²) in [5.41, 5.74) is 1.23. The van der Waals surface area contributed by atoms with Gasteiger partial charge in [0.15, 0.2) is 0 Å². The molecular formula is C17H18ClFN2O3S. The number of halogens is 2.